The topological polar surface area (TPSA) is 55.5 Å². The van der Waals surface area contributed by atoms with Gasteiger partial charge in [0, 0.05) is 18.3 Å². The number of Topliss-reactive ketones (excluding diaryl/α,β-unsaturated/α-hetero) is 1. The normalized spacial score (nSPS) is 14.5. The van der Waals surface area contributed by atoms with Crippen molar-refractivity contribution in [2.45, 2.75) is 6.42 Å². The first-order valence-electron chi connectivity index (χ1n) is 3.73. The molecule has 0 aromatic heterocycles. The molecule has 0 aliphatic carbocycles. The Morgan fingerprint density at radius 3 is 3.00 bits per heavy atom. The van der Waals surface area contributed by atoms with Gasteiger partial charge in [-0.05, 0) is 12.1 Å². The van der Waals surface area contributed by atoms with Gasteiger partial charge in [-0.1, -0.05) is 6.07 Å². The predicted molar refractivity (Wildman–Crippen MR) is 48.0 cm³/mol. The zero-order chi connectivity index (χ0) is 8.55. The number of nitrogens with zero attached hydrogens (tertiary/aromatic N) is 1. The Labute approximate surface area is 69.9 Å². The molecule has 0 saturated carbocycles. The van der Waals surface area contributed by atoms with Gasteiger partial charge in [-0.15, -0.1) is 0 Å². The fraction of sp³-hybridized carbons (Fsp3) is 0.111. The molecule has 1 aromatic carbocycles. The van der Waals surface area contributed by atoms with Crippen LogP contribution in [0.2, 0.25) is 0 Å². The molecule has 0 bridgehead atoms. The van der Waals surface area contributed by atoms with Crippen LogP contribution in [0.1, 0.15) is 16.8 Å². The summed E-state index contributed by atoms with van der Waals surface area (Å²) in [6.45, 7) is 0. The number of carbonyl (C=O) groups excluding carboxylic acids is 1. The summed E-state index contributed by atoms with van der Waals surface area (Å²) in [6, 6.07) is 5.31. The molecule has 2 rings (SSSR count). The molecule has 2 N–H and O–H groups in total. The van der Waals surface area contributed by atoms with Gasteiger partial charge in [-0.3, -0.25) is 9.79 Å². The van der Waals surface area contributed by atoms with E-state index in [1.165, 1.54) is 0 Å². The summed E-state index contributed by atoms with van der Waals surface area (Å²) in [5.74, 6) is 0.0538. The highest BCUT2D eigenvalue weighted by molar-refractivity contribution is 6.13. The standard InChI is InChI=1S/C9H8N2O/c10-6-2-1-3-7-9(6)8(12)4-5-11-7/h1-3,5H,4,10H2. The van der Waals surface area contributed by atoms with E-state index >= 15 is 0 Å². The lowest BCUT2D eigenvalue weighted by Gasteiger charge is -2.09. The third kappa shape index (κ3) is 0.906. The Kier molecular flexibility index (Phi) is 1.43. The highest BCUT2D eigenvalue weighted by Gasteiger charge is 2.16. The van der Waals surface area contributed by atoms with Gasteiger partial charge < -0.3 is 5.73 Å². The molecule has 0 amide bonds. The number of carbonyl (C=O) groups is 1. The minimum absolute atomic E-state index is 0.0538. The number of nitrogens with two attached hydrogens (primary N) is 1. The third-order valence-electron chi connectivity index (χ3n) is 1.86. The number of aliphatic imine (C=N–C) groups is 1. The number of rotatable bonds is 0. The summed E-state index contributed by atoms with van der Waals surface area (Å²) in [5, 5.41) is 0. The average Bonchev–Trinajstić information content (AvgIpc) is 2.04. The molecule has 12 heavy (non-hydrogen) atoms. The van der Waals surface area contributed by atoms with Gasteiger partial charge in [-0.25, -0.2) is 0 Å². The zero-order valence-electron chi connectivity index (χ0n) is 6.45. The van der Waals surface area contributed by atoms with Crippen molar-refractivity contribution in [3.63, 3.8) is 0 Å². The van der Waals surface area contributed by atoms with Crippen LogP contribution in [0, 0.1) is 0 Å². The van der Waals surface area contributed by atoms with E-state index in [0.29, 0.717) is 23.4 Å². The minimum Gasteiger partial charge on any atom is -0.398 e. The molecule has 3 heteroatoms. The van der Waals surface area contributed by atoms with Gasteiger partial charge in [0.05, 0.1) is 11.3 Å². The molecule has 1 heterocycles. The molecule has 0 saturated heterocycles. The lowest BCUT2D eigenvalue weighted by molar-refractivity contribution is 0.100. The van der Waals surface area contributed by atoms with E-state index in [9.17, 15) is 4.79 Å². The van der Waals surface area contributed by atoms with Gasteiger partial charge in [0.25, 0.3) is 0 Å². The molecule has 0 unspecified atom stereocenters. The molecule has 0 radical (unpaired) electrons. The maximum absolute atomic E-state index is 11.3. The molecular weight excluding hydrogens is 152 g/mol. The predicted octanol–water partition coefficient (Wildman–Crippen LogP) is 1.56. The molecule has 0 spiro atoms. The zero-order valence-corrected chi connectivity index (χ0v) is 6.45. The number of fused-ring (bicyclic) bond motifs is 1. The van der Waals surface area contributed by atoms with E-state index in [1.54, 1.807) is 24.4 Å². The second-order valence-electron chi connectivity index (χ2n) is 2.68. The largest absolute Gasteiger partial charge is 0.398 e. The van der Waals surface area contributed by atoms with Crippen molar-refractivity contribution >= 4 is 23.4 Å². The van der Waals surface area contributed by atoms with E-state index in [0.717, 1.165) is 0 Å². The van der Waals surface area contributed by atoms with Crippen LogP contribution in [0.25, 0.3) is 0 Å². The van der Waals surface area contributed by atoms with Crippen LogP contribution in [-0.2, 0) is 0 Å². The molecule has 1 aliphatic heterocycles. The summed E-state index contributed by atoms with van der Waals surface area (Å²) < 4.78 is 0. The molecule has 1 aromatic rings. The van der Waals surface area contributed by atoms with Crippen LogP contribution >= 0.6 is 0 Å². The summed E-state index contributed by atoms with van der Waals surface area (Å²) in [6.07, 6.45) is 1.98. The number of benzene rings is 1. The van der Waals surface area contributed by atoms with Crippen LogP contribution in [0.5, 0.6) is 0 Å². The first-order valence-corrected chi connectivity index (χ1v) is 3.73. The lowest BCUT2D eigenvalue weighted by atomic mass is 10.0. The van der Waals surface area contributed by atoms with E-state index < -0.39 is 0 Å². The van der Waals surface area contributed by atoms with Gasteiger partial charge in [-0.2, -0.15) is 0 Å². The Hall–Kier alpha value is -1.64. The van der Waals surface area contributed by atoms with Crippen molar-refractivity contribution in [3.8, 4) is 0 Å². The number of hydrogen-bond donors (Lipinski definition) is 1. The lowest BCUT2D eigenvalue weighted by Crippen LogP contribution is -2.07. The fourth-order valence-electron chi connectivity index (χ4n) is 1.30. The molecular formula is C9H8N2O. The second kappa shape index (κ2) is 2.44. The van der Waals surface area contributed by atoms with E-state index in [1.807, 2.05) is 0 Å². The summed E-state index contributed by atoms with van der Waals surface area (Å²) in [4.78, 5) is 15.4. The van der Waals surface area contributed by atoms with Crippen molar-refractivity contribution in [1.82, 2.24) is 0 Å². The Morgan fingerprint density at radius 1 is 1.42 bits per heavy atom. The quantitative estimate of drug-likeness (QED) is 0.585. The summed E-state index contributed by atoms with van der Waals surface area (Å²) >= 11 is 0. The van der Waals surface area contributed by atoms with Crippen LogP contribution in [0.15, 0.2) is 23.2 Å². The molecule has 1 aliphatic rings. The number of hydrogen-bond acceptors (Lipinski definition) is 3. The minimum atomic E-state index is 0.0538. The number of anilines is 1. The van der Waals surface area contributed by atoms with Gasteiger partial charge in [0.1, 0.15) is 0 Å². The van der Waals surface area contributed by atoms with Crippen LogP contribution in [-0.4, -0.2) is 12.0 Å². The monoisotopic (exact) mass is 160 g/mol. The van der Waals surface area contributed by atoms with Crippen LogP contribution in [0.3, 0.4) is 0 Å². The molecule has 0 fully saturated rings. The molecule has 3 nitrogen and oxygen atoms in total. The van der Waals surface area contributed by atoms with Crippen LogP contribution in [0.4, 0.5) is 11.4 Å². The average molecular weight is 160 g/mol. The summed E-state index contributed by atoms with van der Waals surface area (Å²) in [5.41, 5.74) is 7.42. The van der Waals surface area contributed by atoms with Gasteiger partial charge >= 0.3 is 0 Å². The highest BCUT2D eigenvalue weighted by atomic mass is 16.1. The Morgan fingerprint density at radius 2 is 2.25 bits per heavy atom. The van der Waals surface area contributed by atoms with Gasteiger partial charge in [0.15, 0.2) is 5.78 Å². The van der Waals surface area contributed by atoms with E-state index in [2.05, 4.69) is 4.99 Å². The first kappa shape index (κ1) is 7.03. The number of nitrogen functional groups attached to an aromatic ring is 1. The smallest absolute Gasteiger partial charge is 0.172 e. The third-order valence-corrected chi connectivity index (χ3v) is 1.86. The first-order chi connectivity index (χ1) is 5.79. The Balaban J connectivity index is 2.70. The van der Waals surface area contributed by atoms with Crippen molar-refractivity contribution in [2.75, 3.05) is 5.73 Å². The number of ketones is 1. The molecule has 0 atom stereocenters. The second-order valence-corrected chi connectivity index (χ2v) is 2.68. The maximum Gasteiger partial charge on any atom is 0.172 e. The van der Waals surface area contributed by atoms with Crippen molar-refractivity contribution in [3.05, 3.63) is 23.8 Å². The molecule has 60 valence electrons. The van der Waals surface area contributed by atoms with Gasteiger partial charge in [0.2, 0.25) is 0 Å². The fourth-order valence-corrected chi connectivity index (χ4v) is 1.30. The highest BCUT2D eigenvalue weighted by Crippen LogP contribution is 2.28. The summed E-state index contributed by atoms with van der Waals surface area (Å²) in [7, 11) is 0. The van der Waals surface area contributed by atoms with Crippen molar-refractivity contribution < 1.29 is 4.79 Å². The van der Waals surface area contributed by atoms with Crippen molar-refractivity contribution in [2.24, 2.45) is 4.99 Å². The Bertz CT molecular complexity index is 369. The van der Waals surface area contributed by atoms with E-state index in [4.69, 9.17) is 5.73 Å². The van der Waals surface area contributed by atoms with E-state index in [-0.39, 0.29) is 5.78 Å². The van der Waals surface area contributed by atoms with Crippen LogP contribution < -0.4 is 5.73 Å². The van der Waals surface area contributed by atoms with Crippen molar-refractivity contribution in [1.29, 1.82) is 0 Å². The SMILES string of the molecule is Nc1cccc2c1C(=O)CC=N2. The maximum atomic E-state index is 11.3.